The Labute approximate surface area is 102 Å². The van der Waals surface area contributed by atoms with Gasteiger partial charge in [-0.2, -0.15) is 0 Å². The maximum absolute atomic E-state index is 11.0. The standard InChI is InChI=1S/C11H11NO2S2/c1-3-14-8-4-5-9-10(6-8)16-11(12-9)15-7(2)13/h4-6H,3H2,1-2H3. The highest BCUT2D eigenvalue weighted by Gasteiger charge is 2.07. The molecular formula is C11H11NO2S2. The van der Waals surface area contributed by atoms with Crippen molar-refractivity contribution < 1.29 is 9.53 Å². The molecule has 0 amide bonds. The number of carbonyl (C=O) groups excluding carboxylic acids is 1. The Morgan fingerprint density at radius 1 is 1.56 bits per heavy atom. The summed E-state index contributed by atoms with van der Waals surface area (Å²) in [6, 6.07) is 5.77. The highest BCUT2D eigenvalue weighted by Crippen LogP contribution is 2.31. The molecule has 0 atom stereocenters. The van der Waals surface area contributed by atoms with Crippen molar-refractivity contribution in [2.75, 3.05) is 6.61 Å². The Balaban J connectivity index is 2.34. The largest absolute Gasteiger partial charge is 0.494 e. The monoisotopic (exact) mass is 253 g/mol. The smallest absolute Gasteiger partial charge is 0.192 e. The van der Waals surface area contributed by atoms with Crippen LogP contribution in [0.1, 0.15) is 13.8 Å². The van der Waals surface area contributed by atoms with Crippen LogP contribution in [-0.4, -0.2) is 16.7 Å². The molecule has 0 saturated carbocycles. The third-order valence-electron chi connectivity index (χ3n) is 1.88. The van der Waals surface area contributed by atoms with E-state index in [0.29, 0.717) is 6.61 Å². The van der Waals surface area contributed by atoms with Gasteiger partial charge >= 0.3 is 0 Å². The minimum Gasteiger partial charge on any atom is -0.494 e. The molecule has 2 rings (SSSR count). The van der Waals surface area contributed by atoms with Gasteiger partial charge in [0.15, 0.2) is 9.45 Å². The van der Waals surface area contributed by atoms with Crippen LogP contribution in [0.5, 0.6) is 5.75 Å². The molecule has 0 aliphatic rings. The van der Waals surface area contributed by atoms with Crippen molar-refractivity contribution in [3.05, 3.63) is 18.2 Å². The summed E-state index contributed by atoms with van der Waals surface area (Å²) in [7, 11) is 0. The quantitative estimate of drug-likeness (QED) is 0.786. The highest BCUT2D eigenvalue weighted by atomic mass is 32.2. The fourth-order valence-electron chi connectivity index (χ4n) is 1.31. The normalized spacial score (nSPS) is 10.6. The van der Waals surface area contributed by atoms with E-state index in [9.17, 15) is 4.79 Å². The van der Waals surface area contributed by atoms with Crippen LogP contribution in [0.2, 0.25) is 0 Å². The molecule has 0 aliphatic heterocycles. The zero-order valence-corrected chi connectivity index (χ0v) is 10.7. The summed E-state index contributed by atoms with van der Waals surface area (Å²) >= 11 is 2.69. The highest BCUT2D eigenvalue weighted by molar-refractivity contribution is 8.14. The average Bonchev–Trinajstić information content (AvgIpc) is 2.58. The summed E-state index contributed by atoms with van der Waals surface area (Å²) in [5, 5.41) is 0.0593. The molecule has 5 heteroatoms. The fourth-order valence-corrected chi connectivity index (χ4v) is 3.21. The number of hydrogen-bond acceptors (Lipinski definition) is 5. The first-order chi connectivity index (χ1) is 7.69. The predicted octanol–water partition coefficient (Wildman–Crippen LogP) is 3.33. The topological polar surface area (TPSA) is 39.2 Å². The minimum atomic E-state index is 0.0593. The maximum atomic E-state index is 11.0. The number of hydrogen-bond donors (Lipinski definition) is 0. The minimum absolute atomic E-state index is 0.0593. The molecular weight excluding hydrogens is 242 g/mol. The van der Waals surface area contributed by atoms with Gasteiger partial charge < -0.3 is 4.74 Å². The fraction of sp³-hybridized carbons (Fsp3) is 0.273. The van der Waals surface area contributed by atoms with Crippen LogP contribution in [0.25, 0.3) is 10.2 Å². The number of nitrogens with zero attached hydrogens (tertiary/aromatic N) is 1. The zero-order chi connectivity index (χ0) is 11.5. The van der Waals surface area contributed by atoms with Gasteiger partial charge in [0.05, 0.1) is 16.8 Å². The van der Waals surface area contributed by atoms with Crippen LogP contribution in [-0.2, 0) is 4.79 Å². The van der Waals surface area contributed by atoms with E-state index in [1.807, 2.05) is 25.1 Å². The average molecular weight is 253 g/mol. The van der Waals surface area contributed by atoms with E-state index >= 15 is 0 Å². The number of thiazole rings is 1. The third-order valence-corrected chi connectivity index (χ3v) is 3.75. The first kappa shape index (κ1) is 11.4. The second kappa shape index (κ2) is 4.84. The summed E-state index contributed by atoms with van der Waals surface area (Å²) in [4.78, 5) is 15.3. The molecule has 0 bridgehead atoms. The molecule has 3 nitrogen and oxygen atoms in total. The van der Waals surface area contributed by atoms with E-state index in [1.165, 1.54) is 23.1 Å². The molecule has 2 aromatic rings. The van der Waals surface area contributed by atoms with Gasteiger partial charge in [-0.25, -0.2) is 4.98 Å². The lowest BCUT2D eigenvalue weighted by Gasteiger charge is -2.00. The van der Waals surface area contributed by atoms with E-state index < -0.39 is 0 Å². The molecule has 0 spiro atoms. The molecule has 84 valence electrons. The van der Waals surface area contributed by atoms with Gasteiger partial charge in [0, 0.05) is 6.92 Å². The van der Waals surface area contributed by atoms with E-state index in [-0.39, 0.29) is 5.12 Å². The van der Waals surface area contributed by atoms with Gasteiger partial charge in [0.25, 0.3) is 0 Å². The number of aromatic nitrogens is 1. The zero-order valence-electron chi connectivity index (χ0n) is 9.02. The van der Waals surface area contributed by atoms with E-state index in [1.54, 1.807) is 6.92 Å². The molecule has 0 radical (unpaired) electrons. The predicted molar refractivity (Wildman–Crippen MR) is 67.3 cm³/mol. The second-order valence-electron chi connectivity index (χ2n) is 3.14. The number of fused-ring (bicyclic) bond motifs is 1. The van der Waals surface area contributed by atoms with Gasteiger partial charge in [-0.05, 0) is 36.9 Å². The first-order valence-electron chi connectivity index (χ1n) is 4.91. The summed E-state index contributed by atoms with van der Waals surface area (Å²) in [6.45, 7) is 4.15. The van der Waals surface area contributed by atoms with Crippen molar-refractivity contribution in [1.29, 1.82) is 0 Å². The third kappa shape index (κ3) is 2.54. The molecule has 16 heavy (non-hydrogen) atoms. The molecule has 0 unspecified atom stereocenters. The van der Waals surface area contributed by atoms with Crippen LogP contribution >= 0.6 is 23.1 Å². The number of rotatable bonds is 3. The van der Waals surface area contributed by atoms with Crippen LogP contribution in [0.15, 0.2) is 22.5 Å². The number of ether oxygens (including phenoxy) is 1. The summed E-state index contributed by atoms with van der Waals surface area (Å²) in [5.74, 6) is 0.845. The number of thioether (sulfide) groups is 1. The number of carbonyl (C=O) groups is 1. The van der Waals surface area contributed by atoms with Crippen molar-refractivity contribution in [2.45, 2.75) is 18.2 Å². The lowest BCUT2D eigenvalue weighted by Crippen LogP contribution is -1.89. The van der Waals surface area contributed by atoms with Gasteiger partial charge in [-0.15, -0.1) is 11.3 Å². The van der Waals surface area contributed by atoms with Crippen molar-refractivity contribution >= 4 is 38.4 Å². The lowest BCUT2D eigenvalue weighted by molar-refractivity contribution is -0.109. The van der Waals surface area contributed by atoms with Crippen molar-refractivity contribution in [3.63, 3.8) is 0 Å². The van der Waals surface area contributed by atoms with E-state index in [2.05, 4.69) is 4.98 Å². The van der Waals surface area contributed by atoms with Gasteiger partial charge in [0.2, 0.25) is 0 Å². The number of benzene rings is 1. The van der Waals surface area contributed by atoms with Crippen LogP contribution in [0.3, 0.4) is 0 Å². The van der Waals surface area contributed by atoms with Crippen LogP contribution in [0.4, 0.5) is 0 Å². The van der Waals surface area contributed by atoms with Crippen molar-refractivity contribution in [2.24, 2.45) is 0 Å². The Morgan fingerprint density at radius 2 is 2.38 bits per heavy atom. The molecule has 1 heterocycles. The Morgan fingerprint density at radius 3 is 3.06 bits per heavy atom. The van der Waals surface area contributed by atoms with E-state index in [4.69, 9.17) is 4.74 Å². The molecule has 0 saturated heterocycles. The van der Waals surface area contributed by atoms with Gasteiger partial charge in [-0.3, -0.25) is 4.79 Å². The summed E-state index contributed by atoms with van der Waals surface area (Å²) < 4.78 is 7.25. The van der Waals surface area contributed by atoms with Crippen LogP contribution in [0, 0.1) is 0 Å². The lowest BCUT2D eigenvalue weighted by atomic mass is 10.3. The SMILES string of the molecule is CCOc1ccc2nc(SC(C)=O)sc2c1. The molecule has 1 aromatic carbocycles. The second-order valence-corrected chi connectivity index (χ2v) is 5.59. The molecule has 0 aliphatic carbocycles. The molecule has 0 N–H and O–H groups in total. The Hall–Kier alpha value is -1.07. The van der Waals surface area contributed by atoms with Gasteiger partial charge in [0.1, 0.15) is 5.75 Å². The maximum Gasteiger partial charge on any atom is 0.192 e. The summed E-state index contributed by atoms with van der Waals surface area (Å²) in [6.07, 6.45) is 0. The van der Waals surface area contributed by atoms with Crippen LogP contribution < -0.4 is 4.74 Å². The Kier molecular flexibility index (Phi) is 3.46. The van der Waals surface area contributed by atoms with Gasteiger partial charge in [-0.1, -0.05) is 0 Å². The molecule has 1 aromatic heterocycles. The van der Waals surface area contributed by atoms with E-state index in [0.717, 1.165) is 20.3 Å². The summed E-state index contributed by atoms with van der Waals surface area (Å²) in [5.41, 5.74) is 0.914. The van der Waals surface area contributed by atoms with Crippen molar-refractivity contribution in [1.82, 2.24) is 4.98 Å². The Bertz CT molecular complexity index is 522. The first-order valence-corrected chi connectivity index (χ1v) is 6.54. The molecule has 0 fully saturated rings. The van der Waals surface area contributed by atoms with Crippen molar-refractivity contribution in [3.8, 4) is 5.75 Å².